The summed E-state index contributed by atoms with van der Waals surface area (Å²) in [4.78, 5) is 31.6. The van der Waals surface area contributed by atoms with Gasteiger partial charge < -0.3 is 25.0 Å². The van der Waals surface area contributed by atoms with Crippen molar-refractivity contribution in [3.8, 4) is 0 Å². The molecule has 2 N–H and O–H groups in total. The summed E-state index contributed by atoms with van der Waals surface area (Å²) in [6.07, 6.45) is 1.15. The number of ether oxygens (including phenoxy) is 2. The van der Waals surface area contributed by atoms with Crippen LogP contribution in [0.25, 0.3) is 0 Å². The van der Waals surface area contributed by atoms with Gasteiger partial charge >= 0.3 is 0 Å². The molecule has 8 nitrogen and oxygen atoms in total. The van der Waals surface area contributed by atoms with Crippen LogP contribution in [-0.2, 0) is 9.47 Å². The van der Waals surface area contributed by atoms with Gasteiger partial charge in [-0.2, -0.15) is 0 Å². The van der Waals surface area contributed by atoms with E-state index in [1.54, 1.807) is 43.9 Å². The second-order valence-corrected chi connectivity index (χ2v) is 7.19. The minimum atomic E-state index is -0.345. The SMILES string of the molecule is COCCNC(=O)c1ccccc1NC(=O)c1csc(N2CC[C@H](OC)C2)n1. The van der Waals surface area contributed by atoms with Gasteiger partial charge in [0, 0.05) is 39.2 Å². The van der Waals surface area contributed by atoms with Gasteiger partial charge in [0.1, 0.15) is 5.69 Å². The molecule has 1 aromatic heterocycles. The molecule has 1 atom stereocenters. The van der Waals surface area contributed by atoms with Crippen LogP contribution < -0.4 is 15.5 Å². The third-order valence-electron chi connectivity index (χ3n) is 4.49. The number of hydrogen-bond donors (Lipinski definition) is 2. The first-order valence-corrected chi connectivity index (χ1v) is 9.91. The summed E-state index contributed by atoms with van der Waals surface area (Å²) in [5, 5.41) is 8.08. The van der Waals surface area contributed by atoms with Crippen LogP contribution >= 0.6 is 11.3 Å². The Bertz CT molecular complexity index is 826. The van der Waals surface area contributed by atoms with Gasteiger partial charge in [-0.3, -0.25) is 9.59 Å². The van der Waals surface area contributed by atoms with Crippen LogP contribution in [0.3, 0.4) is 0 Å². The van der Waals surface area contributed by atoms with Crippen molar-refractivity contribution in [2.24, 2.45) is 0 Å². The first-order chi connectivity index (χ1) is 13.6. The molecule has 1 aliphatic heterocycles. The van der Waals surface area contributed by atoms with Crippen LogP contribution in [0.1, 0.15) is 27.3 Å². The quantitative estimate of drug-likeness (QED) is 0.654. The molecule has 0 radical (unpaired) electrons. The van der Waals surface area contributed by atoms with Gasteiger partial charge in [-0.15, -0.1) is 11.3 Å². The van der Waals surface area contributed by atoms with Crippen LogP contribution in [0.15, 0.2) is 29.6 Å². The first kappa shape index (κ1) is 20.2. The lowest BCUT2D eigenvalue weighted by Gasteiger charge is -2.14. The summed E-state index contributed by atoms with van der Waals surface area (Å²) in [6, 6.07) is 6.88. The summed E-state index contributed by atoms with van der Waals surface area (Å²) < 4.78 is 10.3. The molecule has 0 aliphatic carbocycles. The summed E-state index contributed by atoms with van der Waals surface area (Å²) in [5.41, 5.74) is 1.16. The Morgan fingerprint density at radius 2 is 2.11 bits per heavy atom. The highest BCUT2D eigenvalue weighted by molar-refractivity contribution is 7.14. The van der Waals surface area contributed by atoms with Gasteiger partial charge in [-0.05, 0) is 18.6 Å². The minimum Gasteiger partial charge on any atom is -0.383 e. The van der Waals surface area contributed by atoms with Gasteiger partial charge in [-0.1, -0.05) is 12.1 Å². The molecule has 1 aliphatic rings. The van der Waals surface area contributed by atoms with Gasteiger partial charge in [-0.25, -0.2) is 4.98 Å². The smallest absolute Gasteiger partial charge is 0.275 e. The molecule has 0 saturated carbocycles. The number of hydrogen-bond acceptors (Lipinski definition) is 7. The van der Waals surface area contributed by atoms with Crippen molar-refractivity contribution in [2.45, 2.75) is 12.5 Å². The van der Waals surface area contributed by atoms with Crippen molar-refractivity contribution in [1.29, 1.82) is 0 Å². The Hall–Kier alpha value is -2.49. The number of methoxy groups -OCH3 is 2. The Morgan fingerprint density at radius 3 is 2.86 bits per heavy atom. The average molecular weight is 404 g/mol. The molecule has 2 aromatic rings. The highest BCUT2D eigenvalue weighted by Gasteiger charge is 2.25. The van der Waals surface area contributed by atoms with Gasteiger partial charge in [0.25, 0.3) is 11.8 Å². The van der Waals surface area contributed by atoms with Crippen LogP contribution in [0.4, 0.5) is 10.8 Å². The lowest BCUT2D eigenvalue weighted by Crippen LogP contribution is -2.28. The molecule has 1 aromatic carbocycles. The van der Waals surface area contributed by atoms with Gasteiger partial charge in [0.2, 0.25) is 0 Å². The number of carbonyl (C=O) groups is 2. The Kier molecular flexibility index (Phi) is 6.96. The summed E-state index contributed by atoms with van der Waals surface area (Å²) >= 11 is 1.43. The molecular formula is C19H24N4O4S. The topological polar surface area (TPSA) is 92.8 Å². The van der Waals surface area contributed by atoms with E-state index in [-0.39, 0.29) is 17.9 Å². The molecule has 0 spiro atoms. The molecule has 3 rings (SSSR count). The van der Waals surface area contributed by atoms with Crippen LogP contribution in [0.2, 0.25) is 0 Å². The number of rotatable bonds is 8. The van der Waals surface area contributed by atoms with E-state index in [0.717, 1.165) is 24.6 Å². The Balaban J connectivity index is 1.66. The zero-order valence-electron chi connectivity index (χ0n) is 15.9. The lowest BCUT2D eigenvalue weighted by molar-refractivity contribution is 0.0938. The maximum absolute atomic E-state index is 12.6. The molecule has 150 valence electrons. The van der Waals surface area contributed by atoms with Gasteiger partial charge in [0.05, 0.1) is 24.0 Å². The van der Waals surface area contributed by atoms with E-state index in [2.05, 4.69) is 20.5 Å². The third-order valence-corrected chi connectivity index (χ3v) is 5.39. The number of nitrogens with one attached hydrogen (secondary N) is 2. The summed E-state index contributed by atoms with van der Waals surface area (Å²) in [5.74, 6) is -0.614. The number of amides is 2. The molecule has 2 heterocycles. The number of carbonyl (C=O) groups excluding carboxylic acids is 2. The monoisotopic (exact) mass is 404 g/mol. The standard InChI is InChI=1S/C19H24N4O4S/c1-26-10-8-20-17(24)14-5-3-4-6-15(14)21-18(25)16-12-28-19(22-16)23-9-7-13(11-23)27-2/h3-6,12-13H,7-11H2,1-2H3,(H,20,24)(H,21,25)/t13-/m0/s1. The highest BCUT2D eigenvalue weighted by Crippen LogP contribution is 2.26. The molecule has 0 unspecified atom stereocenters. The fourth-order valence-corrected chi connectivity index (χ4v) is 3.79. The fraction of sp³-hybridized carbons (Fsp3) is 0.421. The van der Waals surface area contributed by atoms with Crippen LogP contribution in [-0.4, -0.2) is 63.4 Å². The predicted octanol–water partition coefficient (Wildman–Crippen LogP) is 2.00. The lowest BCUT2D eigenvalue weighted by atomic mass is 10.1. The summed E-state index contributed by atoms with van der Waals surface area (Å²) in [7, 11) is 3.28. The van der Waals surface area contributed by atoms with E-state index in [0.29, 0.717) is 30.1 Å². The van der Waals surface area contributed by atoms with Gasteiger partial charge in [0.15, 0.2) is 5.13 Å². The molecule has 9 heteroatoms. The molecule has 1 fully saturated rings. The largest absolute Gasteiger partial charge is 0.383 e. The van der Waals surface area contributed by atoms with E-state index >= 15 is 0 Å². The number of thiazole rings is 1. The maximum Gasteiger partial charge on any atom is 0.275 e. The Morgan fingerprint density at radius 1 is 1.29 bits per heavy atom. The van der Waals surface area contributed by atoms with E-state index < -0.39 is 0 Å². The Labute approximate surface area is 167 Å². The van der Waals surface area contributed by atoms with E-state index in [9.17, 15) is 9.59 Å². The third kappa shape index (κ3) is 4.86. The molecule has 0 bridgehead atoms. The number of nitrogens with zero attached hydrogens (tertiary/aromatic N) is 2. The van der Waals surface area contributed by atoms with Crippen molar-refractivity contribution in [2.75, 3.05) is 50.7 Å². The number of anilines is 2. The van der Waals surface area contributed by atoms with Crippen molar-refractivity contribution < 1.29 is 19.1 Å². The van der Waals surface area contributed by atoms with Crippen molar-refractivity contribution in [1.82, 2.24) is 10.3 Å². The van der Waals surface area contributed by atoms with Crippen molar-refractivity contribution in [3.63, 3.8) is 0 Å². The van der Waals surface area contributed by atoms with Crippen molar-refractivity contribution in [3.05, 3.63) is 40.9 Å². The van der Waals surface area contributed by atoms with E-state index in [4.69, 9.17) is 9.47 Å². The van der Waals surface area contributed by atoms with E-state index in [1.165, 1.54) is 11.3 Å². The van der Waals surface area contributed by atoms with Crippen molar-refractivity contribution >= 4 is 34.0 Å². The second-order valence-electron chi connectivity index (χ2n) is 6.36. The highest BCUT2D eigenvalue weighted by atomic mass is 32.1. The molecule has 28 heavy (non-hydrogen) atoms. The fourth-order valence-electron chi connectivity index (χ4n) is 2.95. The zero-order valence-corrected chi connectivity index (χ0v) is 16.8. The zero-order chi connectivity index (χ0) is 19.9. The number of aromatic nitrogens is 1. The maximum atomic E-state index is 12.6. The van der Waals surface area contributed by atoms with E-state index in [1.807, 2.05) is 0 Å². The molecule has 2 amide bonds. The summed E-state index contributed by atoms with van der Waals surface area (Å²) in [6.45, 7) is 2.45. The number of benzene rings is 1. The first-order valence-electron chi connectivity index (χ1n) is 9.03. The molecule has 1 saturated heterocycles. The predicted molar refractivity (Wildman–Crippen MR) is 108 cm³/mol. The average Bonchev–Trinajstić information content (AvgIpc) is 3.38. The molecular weight excluding hydrogens is 380 g/mol. The number of para-hydroxylation sites is 1. The van der Waals surface area contributed by atoms with Crippen LogP contribution in [0, 0.1) is 0 Å². The minimum absolute atomic E-state index is 0.199. The van der Waals surface area contributed by atoms with Crippen LogP contribution in [0.5, 0.6) is 0 Å². The normalized spacial score (nSPS) is 16.2. The second kappa shape index (κ2) is 9.63.